The first-order valence-corrected chi connectivity index (χ1v) is 14.3. The summed E-state index contributed by atoms with van der Waals surface area (Å²) in [5.74, 6) is -0.127. The third-order valence-corrected chi connectivity index (χ3v) is 7.59. The fourth-order valence-electron chi connectivity index (χ4n) is 3.53. The fraction of sp³-hybridized carbons (Fsp3) is 0.280. The number of carbonyl (C=O) groups is 1. The minimum Gasteiger partial charge on any atom is -0.322 e. The molecule has 1 heterocycles. The molecule has 0 atom stereocenters. The van der Waals surface area contributed by atoms with Crippen LogP contribution >= 0.6 is 11.6 Å². The van der Waals surface area contributed by atoms with Crippen molar-refractivity contribution in [2.24, 2.45) is 0 Å². The highest BCUT2D eigenvalue weighted by atomic mass is 35.5. The molecule has 0 aliphatic rings. The Bertz CT molecular complexity index is 1060. The van der Waals surface area contributed by atoms with Crippen molar-refractivity contribution in [3.8, 4) is 11.3 Å². The molecule has 0 unspecified atom stereocenters. The number of hydrogen-bond donors (Lipinski definition) is 1. The summed E-state index contributed by atoms with van der Waals surface area (Å²) >= 11 is 6.23. The van der Waals surface area contributed by atoms with Gasteiger partial charge in [0.2, 0.25) is 0 Å². The van der Waals surface area contributed by atoms with E-state index in [0.717, 1.165) is 24.2 Å². The number of rotatable bonds is 7. The van der Waals surface area contributed by atoms with Crippen LogP contribution in [0.3, 0.4) is 0 Å². The fourth-order valence-corrected chi connectivity index (χ4v) is 5.51. The Balaban J connectivity index is 1.79. The highest BCUT2D eigenvalue weighted by molar-refractivity contribution is 6.89. The average Bonchev–Trinajstić information content (AvgIpc) is 2.72. The quantitative estimate of drug-likeness (QED) is 0.495. The number of carbonyl (C=O) groups excluding carboxylic acids is 1. The number of pyridine rings is 1. The molecule has 1 N–H and O–H groups in total. The van der Waals surface area contributed by atoms with Gasteiger partial charge >= 0.3 is 0 Å². The van der Waals surface area contributed by atoms with Crippen LogP contribution in [0.25, 0.3) is 11.3 Å². The van der Waals surface area contributed by atoms with Gasteiger partial charge in [-0.25, -0.2) is 0 Å². The molecule has 3 aromatic rings. The van der Waals surface area contributed by atoms with Crippen LogP contribution in [0.1, 0.15) is 15.9 Å². The van der Waals surface area contributed by atoms with Gasteiger partial charge in [0, 0.05) is 29.6 Å². The summed E-state index contributed by atoms with van der Waals surface area (Å²) in [6, 6.07) is 17.3. The van der Waals surface area contributed by atoms with E-state index >= 15 is 0 Å². The molecular formula is C25H30ClN3OSi. The van der Waals surface area contributed by atoms with E-state index in [1.54, 1.807) is 24.4 Å². The second-order valence-electron chi connectivity index (χ2n) is 9.04. The zero-order chi connectivity index (χ0) is 22.6. The van der Waals surface area contributed by atoms with Crippen LogP contribution in [0, 0.1) is 0 Å². The van der Waals surface area contributed by atoms with Gasteiger partial charge in [-0.15, -0.1) is 0 Å². The lowest BCUT2D eigenvalue weighted by Gasteiger charge is -2.23. The van der Waals surface area contributed by atoms with Crippen molar-refractivity contribution in [2.45, 2.75) is 26.1 Å². The van der Waals surface area contributed by atoms with Crippen LogP contribution in [0.5, 0.6) is 0 Å². The highest BCUT2D eigenvalue weighted by Gasteiger charge is 2.20. The normalized spacial score (nSPS) is 11.6. The number of nitrogens with zero attached hydrogens (tertiary/aromatic N) is 2. The second-order valence-corrected chi connectivity index (χ2v) is 14.5. The molecule has 0 aliphatic heterocycles. The van der Waals surface area contributed by atoms with Crippen molar-refractivity contribution < 1.29 is 4.79 Å². The summed E-state index contributed by atoms with van der Waals surface area (Å²) in [4.78, 5) is 19.4. The molecule has 0 bridgehead atoms. The Morgan fingerprint density at radius 3 is 2.39 bits per heavy atom. The number of aromatic nitrogens is 1. The first kappa shape index (κ1) is 23.2. The molecule has 31 heavy (non-hydrogen) atoms. The van der Waals surface area contributed by atoms with E-state index in [2.05, 4.69) is 61.1 Å². The zero-order valence-electron chi connectivity index (χ0n) is 18.9. The van der Waals surface area contributed by atoms with E-state index in [1.807, 2.05) is 24.3 Å². The molecular weight excluding hydrogens is 422 g/mol. The van der Waals surface area contributed by atoms with Gasteiger partial charge in [-0.2, -0.15) is 0 Å². The van der Waals surface area contributed by atoms with E-state index in [9.17, 15) is 4.79 Å². The van der Waals surface area contributed by atoms with E-state index in [-0.39, 0.29) is 5.91 Å². The first-order chi connectivity index (χ1) is 14.6. The molecule has 0 radical (unpaired) electrons. The van der Waals surface area contributed by atoms with Crippen LogP contribution in [0.2, 0.25) is 24.7 Å². The Kier molecular flexibility index (Phi) is 7.31. The minimum atomic E-state index is -1.47. The van der Waals surface area contributed by atoms with Gasteiger partial charge in [0.1, 0.15) is 0 Å². The third-order valence-electron chi connectivity index (χ3n) is 5.18. The molecule has 3 rings (SSSR count). The number of anilines is 1. The van der Waals surface area contributed by atoms with Crippen LogP contribution in [-0.2, 0) is 6.42 Å². The first-order valence-electron chi connectivity index (χ1n) is 10.5. The number of amides is 1. The maximum Gasteiger partial charge on any atom is 0.255 e. The Morgan fingerprint density at radius 2 is 1.77 bits per heavy atom. The van der Waals surface area contributed by atoms with Crippen LogP contribution in [-0.4, -0.2) is 44.5 Å². The highest BCUT2D eigenvalue weighted by Crippen LogP contribution is 2.25. The maximum atomic E-state index is 12.8. The lowest BCUT2D eigenvalue weighted by Crippen LogP contribution is -2.40. The van der Waals surface area contributed by atoms with Crippen molar-refractivity contribution in [1.29, 1.82) is 0 Å². The standard InChI is InChI=1S/C25H30ClN3OSi/c1-29(2)16-14-20-17-21(12-13-23(20)31(3,4)5)28-25(30)19-10-8-18(9-11-19)24-22(26)7-6-15-27-24/h6-13,15,17H,14,16H2,1-5H3,(H,28,30). The molecule has 0 saturated carbocycles. The summed E-state index contributed by atoms with van der Waals surface area (Å²) in [5, 5.41) is 5.10. The van der Waals surface area contributed by atoms with Crippen molar-refractivity contribution in [1.82, 2.24) is 9.88 Å². The van der Waals surface area contributed by atoms with Crippen LogP contribution in [0.4, 0.5) is 5.69 Å². The monoisotopic (exact) mass is 451 g/mol. The SMILES string of the molecule is CN(C)CCc1cc(NC(=O)c2ccc(-c3ncccc3Cl)cc2)ccc1[Si](C)(C)C. The smallest absolute Gasteiger partial charge is 0.255 e. The predicted octanol–water partition coefficient (Wildman–Crippen LogP) is 5.30. The number of hydrogen-bond acceptors (Lipinski definition) is 3. The Labute approximate surface area is 191 Å². The molecule has 6 heteroatoms. The van der Waals surface area contributed by atoms with E-state index in [0.29, 0.717) is 16.3 Å². The van der Waals surface area contributed by atoms with E-state index < -0.39 is 8.07 Å². The van der Waals surface area contributed by atoms with Gasteiger partial charge in [0.15, 0.2) is 0 Å². The molecule has 2 aromatic carbocycles. The summed E-state index contributed by atoms with van der Waals surface area (Å²) in [7, 11) is 2.70. The summed E-state index contributed by atoms with van der Waals surface area (Å²) in [5.41, 5.74) is 4.35. The number of nitrogens with one attached hydrogen (secondary N) is 1. The van der Waals surface area contributed by atoms with Crippen LogP contribution < -0.4 is 10.5 Å². The minimum absolute atomic E-state index is 0.127. The molecule has 0 saturated heterocycles. The van der Waals surface area contributed by atoms with Crippen LogP contribution in [0.15, 0.2) is 60.8 Å². The largest absolute Gasteiger partial charge is 0.322 e. The summed E-state index contributed by atoms with van der Waals surface area (Å²) in [6.45, 7) is 8.05. The molecule has 0 aliphatic carbocycles. The summed E-state index contributed by atoms with van der Waals surface area (Å²) in [6.07, 6.45) is 2.68. The van der Waals surface area contributed by atoms with Gasteiger partial charge in [0.05, 0.1) is 18.8 Å². The molecule has 0 spiro atoms. The number of halogens is 1. The van der Waals surface area contributed by atoms with Gasteiger partial charge in [-0.05, 0) is 62.5 Å². The van der Waals surface area contributed by atoms with Crippen molar-refractivity contribution in [3.05, 3.63) is 76.9 Å². The lowest BCUT2D eigenvalue weighted by atomic mass is 10.1. The van der Waals surface area contributed by atoms with Gasteiger partial charge in [-0.1, -0.05) is 54.6 Å². The number of likely N-dealkylation sites (N-methyl/N-ethyl adjacent to an activating group) is 1. The zero-order valence-corrected chi connectivity index (χ0v) is 20.6. The van der Waals surface area contributed by atoms with E-state index in [4.69, 9.17) is 11.6 Å². The lowest BCUT2D eigenvalue weighted by molar-refractivity contribution is 0.102. The number of benzene rings is 2. The maximum absolute atomic E-state index is 12.8. The Morgan fingerprint density at radius 1 is 1.06 bits per heavy atom. The molecule has 1 aromatic heterocycles. The predicted molar refractivity (Wildman–Crippen MR) is 134 cm³/mol. The molecule has 4 nitrogen and oxygen atoms in total. The van der Waals surface area contributed by atoms with Crippen molar-refractivity contribution in [3.63, 3.8) is 0 Å². The van der Waals surface area contributed by atoms with Gasteiger partial charge in [-0.3, -0.25) is 9.78 Å². The molecule has 162 valence electrons. The Hall–Kier alpha value is -2.47. The third kappa shape index (κ3) is 6.03. The van der Waals surface area contributed by atoms with Crippen molar-refractivity contribution in [2.75, 3.05) is 26.0 Å². The van der Waals surface area contributed by atoms with E-state index in [1.165, 1.54) is 10.8 Å². The topological polar surface area (TPSA) is 45.2 Å². The second kappa shape index (κ2) is 9.77. The van der Waals surface area contributed by atoms with Gasteiger partial charge in [0.25, 0.3) is 5.91 Å². The van der Waals surface area contributed by atoms with Gasteiger partial charge < -0.3 is 10.2 Å². The average molecular weight is 452 g/mol. The van der Waals surface area contributed by atoms with Crippen molar-refractivity contribution >= 4 is 36.5 Å². The molecule has 0 fully saturated rings. The molecule has 1 amide bonds. The summed E-state index contributed by atoms with van der Waals surface area (Å²) < 4.78 is 0.